The zero-order valence-electron chi connectivity index (χ0n) is 13.2. The Morgan fingerprint density at radius 2 is 1.73 bits per heavy atom. The summed E-state index contributed by atoms with van der Waals surface area (Å²) in [6.45, 7) is -0.0157. The highest BCUT2D eigenvalue weighted by atomic mass is 35.5. The highest BCUT2D eigenvalue weighted by Gasteiger charge is 2.37. The van der Waals surface area contributed by atoms with Crippen LogP contribution in [-0.4, -0.2) is 37.0 Å². The van der Waals surface area contributed by atoms with E-state index in [1.165, 1.54) is 30.3 Å². The van der Waals surface area contributed by atoms with E-state index in [0.29, 0.717) is 0 Å². The first-order chi connectivity index (χ1) is 12.0. The van der Waals surface area contributed by atoms with Crippen molar-refractivity contribution in [2.24, 2.45) is 0 Å². The second-order valence-electron chi connectivity index (χ2n) is 5.92. The van der Waals surface area contributed by atoms with Gasteiger partial charge < -0.3 is 10.8 Å². The molecule has 0 amide bonds. The molecule has 3 rings (SSSR count). The summed E-state index contributed by atoms with van der Waals surface area (Å²) in [7, 11) is -3.79. The van der Waals surface area contributed by atoms with E-state index in [1.54, 1.807) is 0 Å². The second-order valence-corrected chi connectivity index (χ2v) is 8.27. The number of benzene rings is 2. The van der Waals surface area contributed by atoms with Crippen molar-refractivity contribution in [1.29, 1.82) is 0 Å². The van der Waals surface area contributed by atoms with Crippen LogP contribution in [0.1, 0.15) is 5.56 Å². The van der Waals surface area contributed by atoms with Gasteiger partial charge in [0, 0.05) is 24.3 Å². The number of nitrogen functional groups attached to an aromatic ring is 1. The van der Waals surface area contributed by atoms with Gasteiger partial charge in [0.25, 0.3) is 0 Å². The molecular weight excluding hydrogens is 393 g/mol. The lowest BCUT2D eigenvalue weighted by molar-refractivity contribution is -0.137. The third kappa shape index (κ3) is 3.39. The zero-order valence-corrected chi connectivity index (χ0v) is 14.7. The van der Waals surface area contributed by atoms with Crippen molar-refractivity contribution >= 4 is 27.3 Å². The number of nitrogens with zero attached hydrogens (tertiary/aromatic N) is 1. The lowest BCUT2D eigenvalue weighted by Gasteiger charge is -2.34. The molecular formula is C16H14ClF3N2O3S. The predicted octanol–water partition coefficient (Wildman–Crippen LogP) is 2.97. The van der Waals surface area contributed by atoms with Crippen LogP contribution in [0.3, 0.4) is 0 Å². The molecule has 1 saturated heterocycles. The van der Waals surface area contributed by atoms with Crippen LogP contribution in [0.5, 0.6) is 0 Å². The number of rotatable bonds is 3. The van der Waals surface area contributed by atoms with E-state index in [1.807, 2.05) is 0 Å². The van der Waals surface area contributed by atoms with Gasteiger partial charge in [0.2, 0.25) is 10.0 Å². The van der Waals surface area contributed by atoms with Gasteiger partial charge in [0.1, 0.15) is 0 Å². The fourth-order valence-corrected chi connectivity index (χ4v) is 4.55. The van der Waals surface area contributed by atoms with Crippen LogP contribution in [0, 0.1) is 0 Å². The van der Waals surface area contributed by atoms with E-state index in [-0.39, 0.29) is 39.8 Å². The van der Waals surface area contributed by atoms with E-state index in [0.717, 1.165) is 10.4 Å². The number of halogens is 4. The van der Waals surface area contributed by atoms with E-state index >= 15 is 0 Å². The lowest BCUT2D eigenvalue weighted by Crippen LogP contribution is -2.53. The molecule has 1 heterocycles. The Hall–Kier alpha value is -1.81. The quantitative estimate of drug-likeness (QED) is 0.767. The molecule has 0 aliphatic carbocycles. The number of aliphatic hydroxyl groups excluding tert-OH is 1. The molecule has 2 aromatic rings. The maximum atomic E-state index is 13.3. The van der Waals surface area contributed by atoms with Crippen LogP contribution in [0.15, 0.2) is 41.3 Å². The van der Waals surface area contributed by atoms with Gasteiger partial charge in [0.15, 0.2) is 0 Å². The maximum Gasteiger partial charge on any atom is 0.417 e. The van der Waals surface area contributed by atoms with E-state index in [9.17, 15) is 26.7 Å². The highest BCUT2D eigenvalue weighted by molar-refractivity contribution is 7.89. The van der Waals surface area contributed by atoms with Gasteiger partial charge >= 0.3 is 6.18 Å². The molecule has 2 aromatic carbocycles. The lowest BCUT2D eigenvalue weighted by atomic mass is 9.98. The first-order valence-corrected chi connectivity index (χ1v) is 9.27. The van der Waals surface area contributed by atoms with E-state index in [2.05, 4.69) is 0 Å². The fourth-order valence-electron chi connectivity index (χ4n) is 2.70. The van der Waals surface area contributed by atoms with Crippen molar-refractivity contribution in [3.8, 4) is 11.1 Å². The summed E-state index contributed by atoms with van der Waals surface area (Å²) in [5, 5.41) is 9.06. The number of alkyl halides is 3. The van der Waals surface area contributed by atoms with Crippen molar-refractivity contribution in [3.05, 3.63) is 47.0 Å². The maximum absolute atomic E-state index is 13.3. The van der Waals surface area contributed by atoms with Gasteiger partial charge in [-0.2, -0.15) is 17.5 Å². The molecule has 0 unspecified atom stereocenters. The van der Waals surface area contributed by atoms with Crippen molar-refractivity contribution in [2.75, 3.05) is 18.8 Å². The first-order valence-electron chi connectivity index (χ1n) is 7.45. The molecule has 5 nitrogen and oxygen atoms in total. The fraction of sp³-hybridized carbons (Fsp3) is 0.250. The molecule has 0 radical (unpaired) electrons. The molecule has 0 bridgehead atoms. The number of hydrogen-bond acceptors (Lipinski definition) is 4. The standard InChI is InChI=1S/C16H14ClF3N2O3S/c17-14-6-10(21)5-13(16(18,19)20)15(14)9-1-3-12(4-2-9)26(24,25)22-7-11(23)8-22/h1-6,11,23H,7-8,21H2. The van der Waals surface area contributed by atoms with Gasteiger partial charge in [-0.25, -0.2) is 8.42 Å². The summed E-state index contributed by atoms with van der Waals surface area (Å²) in [5.41, 5.74) is 4.19. The average Bonchev–Trinajstić information content (AvgIpc) is 2.50. The SMILES string of the molecule is Nc1cc(Cl)c(-c2ccc(S(=O)(=O)N3CC(O)C3)cc2)c(C(F)(F)F)c1. The Kier molecular flexibility index (Phi) is 4.68. The minimum atomic E-state index is -4.67. The van der Waals surface area contributed by atoms with Crippen molar-refractivity contribution < 1.29 is 26.7 Å². The van der Waals surface area contributed by atoms with Crippen LogP contribution >= 0.6 is 11.6 Å². The number of anilines is 1. The largest absolute Gasteiger partial charge is 0.417 e. The molecule has 26 heavy (non-hydrogen) atoms. The van der Waals surface area contributed by atoms with Crippen LogP contribution in [0.25, 0.3) is 11.1 Å². The smallest absolute Gasteiger partial charge is 0.399 e. The molecule has 1 aliphatic heterocycles. The molecule has 0 saturated carbocycles. The summed E-state index contributed by atoms with van der Waals surface area (Å²) in [4.78, 5) is -0.0757. The van der Waals surface area contributed by atoms with Crippen molar-refractivity contribution in [3.63, 3.8) is 0 Å². The Bertz CT molecular complexity index is 940. The first kappa shape index (κ1) is 19.0. The van der Waals surface area contributed by atoms with Crippen molar-refractivity contribution in [1.82, 2.24) is 4.31 Å². The van der Waals surface area contributed by atoms with Crippen LogP contribution in [0.4, 0.5) is 18.9 Å². The monoisotopic (exact) mass is 406 g/mol. The summed E-state index contributed by atoms with van der Waals surface area (Å²) in [5.74, 6) is 0. The van der Waals surface area contributed by atoms with Gasteiger partial charge in [0.05, 0.1) is 21.6 Å². The Morgan fingerprint density at radius 3 is 2.23 bits per heavy atom. The van der Waals surface area contributed by atoms with Crippen molar-refractivity contribution in [2.45, 2.75) is 17.2 Å². The second kappa shape index (κ2) is 6.41. The summed E-state index contributed by atoms with van der Waals surface area (Å²) >= 11 is 5.97. The molecule has 0 aromatic heterocycles. The Labute approximate surface area is 152 Å². The number of hydrogen-bond donors (Lipinski definition) is 2. The van der Waals surface area contributed by atoms with E-state index < -0.39 is 27.9 Å². The summed E-state index contributed by atoms with van der Waals surface area (Å²) in [6, 6.07) is 6.93. The van der Waals surface area contributed by atoms with Gasteiger partial charge in [-0.1, -0.05) is 23.7 Å². The highest BCUT2D eigenvalue weighted by Crippen LogP contribution is 2.42. The minimum Gasteiger partial charge on any atom is -0.399 e. The van der Waals surface area contributed by atoms with Crippen LogP contribution in [-0.2, 0) is 16.2 Å². The van der Waals surface area contributed by atoms with Crippen LogP contribution in [0.2, 0.25) is 5.02 Å². The Morgan fingerprint density at radius 1 is 1.15 bits per heavy atom. The molecule has 140 valence electrons. The number of nitrogens with two attached hydrogens (primary N) is 1. The normalized spacial score (nSPS) is 16.5. The molecule has 1 fully saturated rings. The summed E-state index contributed by atoms with van der Waals surface area (Å²) in [6.07, 6.45) is -5.38. The van der Waals surface area contributed by atoms with Gasteiger partial charge in [-0.3, -0.25) is 0 Å². The molecule has 0 atom stereocenters. The Balaban J connectivity index is 2.03. The third-order valence-electron chi connectivity index (χ3n) is 4.03. The number of sulfonamides is 1. The topological polar surface area (TPSA) is 83.6 Å². The summed E-state index contributed by atoms with van der Waals surface area (Å²) < 4.78 is 65.7. The zero-order chi connectivity index (χ0) is 19.3. The van der Waals surface area contributed by atoms with E-state index in [4.69, 9.17) is 17.3 Å². The molecule has 10 heteroatoms. The molecule has 0 spiro atoms. The van der Waals surface area contributed by atoms with Crippen LogP contribution < -0.4 is 5.73 Å². The number of aliphatic hydroxyl groups is 1. The predicted molar refractivity (Wildman–Crippen MR) is 91.1 cm³/mol. The van der Waals surface area contributed by atoms with Gasteiger partial charge in [-0.05, 0) is 29.8 Å². The third-order valence-corrected chi connectivity index (χ3v) is 6.17. The molecule has 1 aliphatic rings. The average molecular weight is 407 g/mol. The minimum absolute atomic E-state index is 0.00784. The molecule has 3 N–H and O–H groups in total. The number of β-amino-alcohol motifs (C(OH)–C–C–N with tert-alkyl or cyclic N) is 1. The van der Waals surface area contributed by atoms with Gasteiger partial charge in [-0.15, -0.1) is 0 Å².